The molecule has 0 radical (unpaired) electrons. The fourth-order valence-electron chi connectivity index (χ4n) is 2.78. The zero-order valence-electron chi connectivity index (χ0n) is 13.5. The molecule has 7 nitrogen and oxygen atoms in total. The van der Waals surface area contributed by atoms with E-state index >= 15 is 0 Å². The summed E-state index contributed by atoms with van der Waals surface area (Å²) in [5.74, 6) is 1.48. The molecule has 0 bridgehead atoms. The van der Waals surface area contributed by atoms with Gasteiger partial charge < -0.3 is 15.0 Å². The topological polar surface area (TPSA) is 92.0 Å². The molecule has 2 N–H and O–H groups in total. The molecule has 1 aromatic carbocycles. The summed E-state index contributed by atoms with van der Waals surface area (Å²) in [6, 6.07) is 9.80. The third-order valence-corrected chi connectivity index (χ3v) is 4.32. The van der Waals surface area contributed by atoms with Gasteiger partial charge in [-0.15, -0.1) is 0 Å². The zero-order valence-corrected chi connectivity index (χ0v) is 13.5. The van der Waals surface area contributed by atoms with Crippen LogP contribution < -0.4 is 10.5 Å². The molecule has 0 saturated heterocycles. The van der Waals surface area contributed by atoms with Crippen LogP contribution in [-0.2, 0) is 5.54 Å². The molecule has 1 fully saturated rings. The van der Waals surface area contributed by atoms with Crippen LogP contribution in [0.2, 0.25) is 0 Å². The average Bonchev–Trinajstić information content (AvgIpc) is 3.21. The number of benzene rings is 1. The first-order valence-corrected chi connectivity index (χ1v) is 8.11. The van der Waals surface area contributed by atoms with Crippen LogP contribution in [0.5, 0.6) is 5.75 Å². The SMILES string of the molecule is CCOc1cn(-c2ccccc2)nc1-c1nc(C2(N)CCC2)no1. The van der Waals surface area contributed by atoms with Crippen LogP contribution in [0.3, 0.4) is 0 Å². The van der Waals surface area contributed by atoms with Crippen molar-refractivity contribution in [3.63, 3.8) is 0 Å². The van der Waals surface area contributed by atoms with Gasteiger partial charge in [0.1, 0.15) is 0 Å². The van der Waals surface area contributed by atoms with Crippen molar-refractivity contribution in [2.75, 3.05) is 6.61 Å². The highest BCUT2D eigenvalue weighted by Crippen LogP contribution is 2.38. The van der Waals surface area contributed by atoms with Gasteiger partial charge in [0.25, 0.3) is 5.89 Å². The van der Waals surface area contributed by atoms with Crippen molar-refractivity contribution in [2.24, 2.45) is 5.73 Å². The molecule has 2 heterocycles. The van der Waals surface area contributed by atoms with Gasteiger partial charge in [0.15, 0.2) is 17.3 Å². The first-order chi connectivity index (χ1) is 11.7. The molecule has 24 heavy (non-hydrogen) atoms. The molecule has 0 amide bonds. The van der Waals surface area contributed by atoms with Crippen molar-refractivity contribution >= 4 is 0 Å². The van der Waals surface area contributed by atoms with Gasteiger partial charge in [-0.2, -0.15) is 10.1 Å². The van der Waals surface area contributed by atoms with Crippen LogP contribution in [0.4, 0.5) is 0 Å². The number of hydrogen-bond donors (Lipinski definition) is 1. The Morgan fingerprint density at radius 2 is 2.08 bits per heavy atom. The van der Waals surface area contributed by atoms with E-state index in [-0.39, 0.29) is 0 Å². The lowest BCUT2D eigenvalue weighted by atomic mass is 9.77. The molecule has 0 atom stereocenters. The lowest BCUT2D eigenvalue weighted by Crippen LogP contribution is -2.44. The van der Waals surface area contributed by atoms with E-state index in [0.717, 1.165) is 24.9 Å². The second-order valence-corrected chi connectivity index (χ2v) is 5.99. The quantitative estimate of drug-likeness (QED) is 0.775. The number of ether oxygens (including phenoxy) is 1. The predicted molar refractivity (Wildman–Crippen MR) is 87.7 cm³/mol. The molecule has 0 spiro atoms. The van der Waals surface area contributed by atoms with E-state index in [0.29, 0.717) is 29.8 Å². The van der Waals surface area contributed by atoms with E-state index < -0.39 is 5.54 Å². The van der Waals surface area contributed by atoms with E-state index in [1.54, 1.807) is 4.68 Å². The van der Waals surface area contributed by atoms with E-state index in [4.69, 9.17) is 15.0 Å². The summed E-state index contributed by atoms with van der Waals surface area (Å²) in [5.41, 5.74) is 7.26. The normalized spacial score (nSPS) is 15.9. The maximum atomic E-state index is 6.27. The summed E-state index contributed by atoms with van der Waals surface area (Å²) in [4.78, 5) is 4.47. The average molecular weight is 325 g/mol. The van der Waals surface area contributed by atoms with Crippen molar-refractivity contribution in [1.29, 1.82) is 0 Å². The largest absolute Gasteiger partial charge is 0.490 e. The van der Waals surface area contributed by atoms with Gasteiger partial charge in [0, 0.05) is 0 Å². The van der Waals surface area contributed by atoms with Gasteiger partial charge in [0.05, 0.1) is 24.0 Å². The second kappa shape index (κ2) is 5.76. The fourth-order valence-corrected chi connectivity index (χ4v) is 2.78. The van der Waals surface area contributed by atoms with Gasteiger partial charge in [-0.25, -0.2) is 4.68 Å². The minimum absolute atomic E-state index is 0.333. The second-order valence-electron chi connectivity index (χ2n) is 5.99. The van der Waals surface area contributed by atoms with E-state index in [1.165, 1.54) is 0 Å². The number of aromatic nitrogens is 4. The molecule has 0 aliphatic heterocycles. The highest BCUT2D eigenvalue weighted by molar-refractivity contribution is 5.57. The summed E-state index contributed by atoms with van der Waals surface area (Å²) in [5, 5.41) is 8.62. The van der Waals surface area contributed by atoms with E-state index in [9.17, 15) is 0 Å². The van der Waals surface area contributed by atoms with Gasteiger partial charge in [0.2, 0.25) is 0 Å². The Kier molecular flexibility index (Phi) is 3.57. The number of para-hydroxylation sites is 1. The molecular weight excluding hydrogens is 306 g/mol. The van der Waals surface area contributed by atoms with Crippen molar-refractivity contribution in [3.05, 3.63) is 42.4 Å². The monoisotopic (exact) mass is 325 g/mol. The Hall–Kier alpha value is -2.67. The van der Waals surface area contributed by atoms with Crippen molar-refractivity contribution in [3.8, 4) is 23.0 Å². The molecule has 1 aliphatic rings. The maximum absolute atomic E-state index is 6.27. The van der Waals surface area contributed by atoms with E-state index in [2.05, 4.69) is 15.2 Å². The zero-order chi connectivity index (χ0) is 16.6. The van der Waals surface area contributed by atoms with E-state index in [1.807, 2.05) is 43.5 Å². The molecule has 124 valence electrons. The summed E-state index contributed by atoms with van der Waals surface area (Å²) in [7, 11) is 0. The number of hydrogen-bond acceptors (Lipinski definition) is 6. The third kappa shape index (κ3) is 2.46. The highest BCUT2D eigenvalue weighted by Gasteiger charge is 2.39. The molecule has 2 aromatic heterocycles. The highest BCUT2D eigenvalue weighted by atomic mass is 16.5. The van der Waals surface area contributed by atoms with Crippen LogP contribution in [0.1, 0.15) is 32.0 Å². The Morgan fingerprint density at radius 3 is 2.75 bits per heavy atom. The third-order valence-electron chi connectivity index (χ3n) is 4.32. The molecule has 7 heteroatoms. The predicted octanol–water partition coefficient (Wildman–Crippen LogP) is 2.66. The fraction of sp³-hybridized carbons (Fsp3) is 0.353. The van der Waals surface area contributed by atoms with Crippen molar-refractivity contribution < 1.29 is 9.26 Å². The van der Waals surface area contributed by atoms with Gasteiger partial charge in [-0.1, -0.05) is 23.4 Å². The summed E-state index contributed by atoms with van der Waals surface area (Å²) in [6.07, 6.45) is 4.66. The molecule has 4 rings (SSSR count). The van der Waals surface area contributed by atoms with Crippen LogP contribution in [0, 0.1) is 0 Å². The van der Waals surface area contributed by atoms with Gasteiger partial charge in [-0.3, -0.25) is 0 Å². The smallest absolute Gasteiger partial charge is 0.282 e. The molecule has 1 saturated carbocycles. The lowest BCUT2D eigenvalue weighted by molar-refractivity contribution is 0.229. The molecule has 3 aromatic rings. The van der Waals surface area contributed by atoms with Crippen LogP contribution in [-0.4, -0.2) is 26.5 Å². The molecular formula is C17H19N5O2. The Morgan fingerprint density at radius 1 is 1.29 bits per heavy atom. The minimum atomic E-state index is -0.463. The first-order valence-electron chi connectivity index (χ1n) is 8.11. The summed E-state index contributed by atoms with van der Waals surface area (Å²) >= 11 is 0. The first kappa shape index (κ1) is 14.9. The van der Waals surface area contributed by atoms with Gasteiger partial charge in [-0.05, 0) is 38.3 Å². The Labute approximate surface area is 139 Å². The van der Waals surface area contributed by atoms with Gasteiger partial charge >= 0.3 is 0 Å². The van der Waals surface area contributed by atoms with Crippen molar-refractivity contribution in [2.45, 2.75) is 31.7 Å². The number of rotatable bonds is 5. The summed E-state index contributed by atoms with van der Waals surface area (Å²) in [6.45, 7) is 2.45. The van der Waals surface area contributed by atoms with Crippen LogP contribution in [0.25, 0.3) is 17.3 Å². The summed E-state index contributed by atoms with van der Waals surface area (Å²) < 4.78 is 12.8. The number of nitrogens with zero attached hydrogens (tertiary/aromatic N) is 4. The maximum Gasteiger partial charge on any atom is 0.282 e. The molecule has 0 unspecified atom stereocenters. The lowest BCUT2D eigenvalue weighted by Gasteiger charge is -2.34. The van der Waals surface area contributed by atoms with Crippen LogP contribution >= 0.6 is 0 Å². The number of nitrogens with two attached hydrogens (primary N) is 1. The Bertz CT molecular complexity index is 836. The van der Waals surface area contributed by atoms with Crippen LogP contribution in [0.15, 0.2) is 41.1 Å². The standard InChI is InChI=1S/C17H19N5O2/c1-2-23-13-11-22(12-7-4-3-5-8-12)20-14(13)15-19-16(21-24-15)17(18)9-6-10-17/h3-5,7-8,11H,2,6,9-10,18H2,1H3. The minimum Gasteiger partial charge on any atom is -0.490 e. The van der Waals surface area contributed by atoms with Crippen molar-refractivity contribution in [1.82, 2.24) is 19.9 Å². The molecule has 1 aliphatic carbocycles. The Balaban J connectivity index is 1.73.